The monoisotopic (exact) mass is 316 g/mol. The number of benzene rings is 1. The first kappa shape index (κ1) is 15.7. The standard InChI is InChI=1S/C13H11F3N2O4/c1-21-7-3-4-8(9(5-7)22-2)18-11(19)6-10(13(14,15)16)17-12(18)20/h3-6H,1-2H3,(H,17,20). The van der Waals surface area contributed by atoms with Crippen LogP contribution in [0.1, 0.15) is 5.69 Å². The molecule has 0 radical (unpaired) electrons. The SMILES string of the molecule is COc1ccc(-n2c(=O)cc(C(F)(F)F)[nH]c2=O)c(OC)c1. The van der Waals surface area contributed by atoms with Crippen molar-refractivity contribution in [1.29, 1.82) is 0 Å². The molecule has 0 amide bonds. The second-order valence-corrected chi connectivity index (χ2v) is 4.20. The molecule has 0 fully saturated rings. The Bertz CT molecular complexity index is 777. The van der Waals surface area contributed by atoms with Crippen LogP contribution in [0.15, 0.2) is 33.9 Å². The molecule has 0 spiro atoms. The minimum Gasteiger partial charge on any atom is -0.497 e. The molecule has 1 heterocycles. The summed E-state index contributed by atoms with van der Waals surface area (Å²) in [5, 5.41) is 0. The summed E-state index contributed by atoms with van der Waals surface area (Å²) in [7, 11) is 2.70. The number of rotatable bonds is 3. The van der Waals surface area contributed by atoms with Crippen LogP contribution in [0.25, 0.3) is 5.69 Å². The fourth-order valence-corrected chi connectivity index (χ4v) is 1.85. The average Bonchev–Trinajstić information content (AvgIpc) is 2.45. The van der Waals surface area contributed by atoms with Crippen LogP contribution in [0.4, 0.5) is 13.2 Å². The van der Waals surface area contributed by atoms with Crippen LogP contribution in [0, 0.1) is 0 Å². The van der Waals surface area contributed by atoms with Gasteiger partial charge in [-0.2, -0.15) is 13.2 Å². The lowest BCUT2D eigenvalue weighted by Crippen LogP contribution is -2.36. The highest BCUT2D eigenvalue weighted by Gasteiger charge is 2.33. The largest absolute Gasteiger partial charge is 0.497 e. The molecule has 0 unspecified atom stereocenters. The summed E-state index contributed by atoms with van der Waals surface area (Å²) >= 11 is 0. The van der Waals surface area contributed by atoms with Crippen molar-refractivity contribution in [2.45, 2.75) is 6.18 Å². The first-order valence-electron chi connectivity index (χ1n) is 5.94. The molecule has 0 aliphatic rings. The number of halogens is 3. The van der Waals surface area contributed by atoms with Crippen LogP contribution in [0.3, 0.4) is 0 Å². The van der Waals surface area contributed by atoms with Gasteiger partial charge in [0.2, 0.25) is 0 Å². The highest BCUT2D eigenvalue weighted by Crippen LogP contribution is 2.27. The molecule has 1 aromatic heterocycles. The van der Waals surface area contributed by atoms with Crippen molar-refractivity contribution < 1.29 is 22.6 Å². The van der Waals surface area contributed by atoms with Crippen molar-refractivity contribution in [1.82, 2.24) is 9.55 Å². The van der Waals surface area contributed by atoms with E-state index in [2.05, 4.69) is 0 Å². The summed E-state index contributed by atoms with van der Waals surface area (Å²) in [6, 6.07) is 4.49. The minimum atomic E-state index is -4.82. The molecule has 9 heteroatoms. The van der Waals surface area contributed by atoms with Gasteiger partial charge in [0.15, 0.2) is 0 Å². The Morgan fingerprint density at radius 1 is 1.09 bits per heavy atom. The van der Waals surface area contributed by atoms with Crippen LogP contribution in [0.2, 0.25) is 0 Å². The maximum absolute atomic E-state index is 12.6. The quantitative estimate of drug-likeness (QED) is 0.933. The zero-order chi connectivity index (χ0) is 16.5. The smallest absolute Gasteiger partial charge is 0.431 e. The van der Waals surface area contributed by atoms with Gasteiger partial charge in [-0.3, -0.25) is 4.79 Å². The van der Waals surface area contributed by atoms with E-state index in [1.54, 1.807) is 4.98 Å². The van der Waals surface area contributed by atoms with Gasteiger partial charge < -0.3 is 14.5 Å². The Labute approximate surface area is 121 Å². The van der Waals surface area contributed by atoms with E-state index >= 15 is 0 Å². The van der Waals surface area contributed by atoms with Gasteiger partial charge in [0.05, 0.1) is 19.9 Å². The topological polar surface area (TPSA) is 73.3 Å². The first-order chi connectivity index (χ1) is 10.3. The second-order valence-electron chi connectivity index (χ2n) is 4.20. The number of aromatic nitrogens is 2. The zero-order valence-corrected chi connectivity index (χ0v) is 11.5. The predicted octanol–water partition coefficient (Wildman–Crippen LogP) is 1.56. The number of methoxy groups -OCH3 is 2. The number of ether oxygens (including phenoxy) is 2. The van der Waals surface area contributed by atoms with E-state index in [0.717, 1.165) is 0 Å². The van der Waals surface area contributed by atoms with Crippen molar-refractivity contribution in [3.63, 3.8) is 0 Å². The summed E-state index contributed by atoms with van der Waals surface area (Å²) in [6.07, 6.45) is -4.82. The molecule has 0 bridgehead atoms. The molecule has 1 aromatic carbocycles. The average molecular weight is 316 g/mol. The van der Waals surface area contributed by atoms with E-state index < -0.39 is 23.1 Å². The van der Waals surface area contributed by atoms with Crippen LogP contribution >= 0.6 is 0 Å². The number of alkyl halides is 3. The number of nitrogens with zero attached hydrogens (tertiary/aromatic N) is 1. The fourth-order valence-electron chi connectivity index (χ4n) is 1.85. The molecule has 1 N–H and O–H groups in total. The van der Waals surface area contributed by atoms with Crippen LogP contribution in [0.5, 0.6) is 11.5 Å². The van der Waals surface area contributed by atoms with E-state index in [-0.39, 0.29) is 11.4 Å². The molecule has 118 valence electrons. The third kappa shape index (κ3) is 2.83. The molecule has 0 saturated heterocycles. The van der Waals surface area contributed by atoms with Crippen molar-refractivity contribution >= 4 is 0 Å². The summed E-state index contributed by atoms with van der Waals surface area (Å²) in [5.74, 6) is 0.503. The molecule has 2 rings (SSSR count). The summed E-state index contributed by atoms with van der Waals surface area (Å²) in [6.45, 7) is 0. The molecule has 0 aliphatic heterocycles. The normalized spacial score (nSPS) is 11.3. The molecule has 6 nitrogen and oxygen atoms in total. The maximum Gasteiger partial charge on any atom is 0.431 e. The van der Waals surface area contributed by atoms with Crippen molar-refractivity contribution in [2.24, 2.45) is 0 Å². The van der Waals surface area contributed by atoms with Gasteiger partial charge in [0.1, 0.15) is 17.2 Å². The Morgan fingerprint density at radius 3 is 2.27 bits per heavy atom. The van der Waals surface area contributed by atoms with Gasteiger partial charge in [0.25, 0.3) is 5.56 Å². The Hall–Kier alpha value is -2.71. The van der Waals surface area contributed by atoms with Gasteiger partial charge in [-0.1, -0.05) is 0 Å². The lowest BCUT2D eigenvalue weighted by Gasteiger charge is -2.12. The van der Waals surface area contributed by atoms with Gasteiger partial charge in [0, 0.05) is 12.1 Å². The fraction of sp³-hybridized carbons (Fsp3) is 0.231. The van der Waals surface area contributed by atoms with Gasteiger partial charge in [-0.25, -0.2) is 9.36 Å². The van der Waals surface area contributed by atoms with E-state index in [9.17, 15) is 22.8 Å². The number of hydrogen-bond acceptors (Lipinski definition) is 4. The zero-order valence-electron chi connectivity index (χ0n) is 11.5. The van der Waals surface area contributed by atoms with E-state index in [1.165, 1.54) is 32.4 Å². The molecule has 0 aliphatic carbocycles. The van der Waals surface area contributed by atoms with Crippen LogP contribution in [-0.2, 0) is 6.18 Å². The number of nitrogens with one attached hydrogen (secondary N) is 1. The molecule has 0 saturated carbocycles. The van der Waals surface area contributed by atoms with E-state index in [4.69, 9.17) is 9.47 Å². The van der Waals surface area contributed by atoms with Gasteiger partial charge in [-0.15, -0.1) is 0 Å². The lowest BCUT2D eigenvalue weighted by molar-refractivity contribution is -0.141. The first-order valence-corrected chi connectivity index (χ1v) is 5.94. The molecule has 22 heavy (non-hydrogen) atoms. The van der Waals surface area contributed by atoms with Crippen LogP contribution < -0.4 is 20.7 Å². The Morgan fingerprint density at radius 2 is 1.77 bits per heavy atom. The minimum absolute atomic E-state index is 0.00303. The summed E-state index contributed by atoms with van der Waals surface area (Å²) in [4.78, 5) is 25.4. The third-order valence-corrected chi connectivity index (χ3v) is 2.87. The summed E-state index contributed by atoms with van der Waals surface area (Å²) < 4.78 is 48.3. The molecular formula is C13H11F3N2O4. The number of aromatic amines is 1. The molecule has 0 atom stereocenters. The maximum atomic E-state index is 12.6. The van der Waals surface area contributed by atoms with Gasteiger partial charge >= 0.3 is 11.9 Å². The van der Waals surface area contributed by atoms with Crippen molar-refractivity contribution in [3.05, 3.63) is 50.8 Å². The second kappa shape index (κ2) is 5.58. The predicted molar refractivity (Wildman–Crippen MR) is 70.8 cm³/mol. The third-order valence-electron chi connectivity index (χ3n) is 2.87. The molecular weight excluding hydrogens is 305 g/mol. The Balaban J connectivity index is 2.69. The Kier molecular flexibility index (Phi) is 3.98. The van der Waals surface area contributed by atoms with Gasteiger partial charge in [-0.05, 0) is 12.1 Å². The van der Waals surface area contributed by atoms with Crippen LogP contribution in [-0.4, -0.2) is 23.8 Å². The van der Waals surface area contributed by atoms with Crippen molar-refractivity contribution in [2.75, 3.05) is 14.2 Å². The highest BCUT2D eigenvalue weighted by atomic mass is 19.4. The van der Waals surface area contributed by atoms with Crippen molar-refractivity contribution in [3.8, 4) is 17.2 Å². The summed E-state index contributed by atoms with van der Waals surface area (Å²) in [5.41, 5.74) is -3.75. The van der Waals surface area contributed by atoms with E-state index in [1.807, 2.05) is 0 Å². The number of H-pyrrole nitrogens is 1. The lowest BCUT2D eigenvalue weighted by atomic mass is 10.2. The van der Waals surface area contributed by atoms with E-state index in [0.29, 0.717) is 16.4 Å². The highest BCUT2D eigenvalue weighted by molar-refractivity contribution is 5.50. The molecule has 2 aromatic rings. The number of hydrogen-bond donors (Lipinski definition) is 1.